The predicted octanol–water partition coefficient (Wildman–Crippen LogP) is 2.44. The summed E-state index contributed by atoms with van der Waals surface area (Å²) >= 11 is 7.02. The molecule has 7 heteroatoms. The summed E-state index contributed by atoms with van der Waals surface area (Å²) in [7, 11) is 3.38. The Bertz CT molecular complexity index is 585. The van der Waals surface area contributed by atoms with E-state index in [0.29, 0.717) is 22.2 Å². The van der Waals surface area contributed by atoms with Gasteiger partial charge in [-0.25, -0.2) is 0 Å². The largest absolute Gasteiger partial charge is 0.347 e. The Kier molecular flexibility index (Phi) is 5.58. The van der Waals surface area contributed by atoms with Crippen LogP contribution in [0.25, 0.3) is 0 Å². The number of carbonyl (C=O) groups excluding carboxylic acids is 3. The number of Topliss-reactive ketones (excluding diaryl/α,β-unsaturated/α-hetero) is 1. The van der Waals surface area contributed by atoms with E-state index in [-0.39, 0.29) is 36.5 Å². The minimum absolute atomic E-state index is 0.0535. The number of thiophene rings is 1. The number of likely N-dealkylation sites (tertiary alicyclic amines) is 1. The minimum Gasteiger partial charge on any atom is -0.347 e. The van der Waals surface area contributed by atoms with Crippen LogP contribution in [0.4, 0.5) is 0 Å². The van der Waals surface area contributed by atoms with E-state index >= 15 is 0 Å². The number of likely N-dealkylation sites (N-methyl/N-ethyl adjacent to an activating group) is 1. The van der Waals surface area contributed by atoms with Gasteiger partial charge in [0.1, 0.15) is 6.04 Å². The molecule has 1 aromatic rings. The first-order valence-electron chi connectivity index (χ1n) is 7.19. The van der Waals surface area contributed by atoms with Gasteiger partial charge in [0.25, 0.3) is 0 Å². The van der Waals surface area contributed by atoms with Gasteiger partial charge in [0, 0.05) is 33.5 Å². The van der Waals surface area contributed by atoms with Crippen LogP contribution >= 0.6 is 22.9 Å². The highest BCUT2D eigenvalue weighted by Crippen LogP contribution is 2.24. The molecule has 0 N–H and O–H groups in total. The third-order valence-electron chi connectivity index (χ3n) is 3.71. The fraction of sp³-hybridized carbons (Fsp3) is 0.533. The molecule has 2 heterocycles. The van der Waals surface area contributed by atoms with Crippen LogP contribution in [-0.2, 0) is 9.59 Å². The molecule has 1 fully saturated rings. The molecule has 0 spiro atoms. The van der Waals surface area contributed by atoms with Crippen LogP contribution in [0.5, 0.6) is 0 Å². The Hall–Kier alpha value is -1.40. The van der Waals surface area contributed by atoms with E-state index in [1.807, 2.05) is 0 Å². The molecule has 1 atom stereocenters. The van der Waals surface area contributed by atoms with E-state index in [9.17, 15) is 14.4 Å². The minimum atomic E-state index is -0.381. The van der Waals surface area contributed by atoms with Gasteiger partial charge in [0.2, 0.25) is 11.8 Å². The first kappa shape index (κ1) is 17.0. The molecular formula is C15H19ClN2O3S. The van der Waals surface area contributed by atoms with Crippen LogP contribution in [-0.4, -0.2) is 54.1 Å². The standard InChI is InChI=1S/C15H19ClN2O3S/c1-17(2)15(21)10-4-3-9-18(10)14(20)8-5-11(19)12-6-7-13(16)22-12/h6-7,10H,3-5,8-9H2,1-2H3. The first-order chi connectivity index (χ1) is 10.4. The molecule has 2 amide bonds. The monoisotopic (exact) mass is 342 g/mol. The van der Waals surface area contributed by atoms with Gasteiger partial charge in [-0.05, 0) is 25.0 Å². The number of hydrogen-bond acceptors (Lipinski definition) is 4. The van der Waals surface area contributed by atoms with Crippen LogP contribution in [0.1, 0.15) is 35.4 Å². The van der Waals surface area contributed by atoms with Gasteiger partial charge in [-0.2, -0.15) is 0 Å². The van der Waals surface area contributed by atoms with E-state index in [1.165, 1.54) is 16.2 Å². The normalized spacial score (nSPS) is 17.6. The first-order valence-corrected chi connectivity index (χ1v) is 8.38. The summed E-state index contributed by atoms with van der Waals surface area (Å²) < 4.78 is 0.561. The van der Waals surface area contributed by atoms with Crippen molar-refractivity contribution in [3.05, 3.63) is 21.3 Å². The third-order valence-corrected chi connectivity index (χ3v) is 4.99. The van der Waals surface area contributed by atoms with Crippen molar-refractivity contribution >= 4 is 40.5 Å². The Morgan fingerprint density at radius 1 is 1.32 bits per heavy atom. The van der Waals surface area contributed by atoms with Crippen molar-refractivity contribution in [1.82, 2.24) is 9.80 Å². The maximum absolute atomic E-state index is 12.3. The second kappa shape index (κ2) is 7.24. The molecule has 120 valence electrons. The van der Waals surface area contributed by atoms with Crippen molar-refractivity contribution in [2.75, 3.05) is 20.6 Å². The fourth-order valence-electron chi connectivity index (χ4n) is 2.57. The summed E-state index contributed by atoms with van der Waals surface area (Å²) in [5.74, 6) is -0.268. The van der Waals surface area contributed by atoms with Crippen LogP contribution in [0, 0.1) is 0 Å². The zero-order valence-corrected chi connectivity index (χ0v) is 14.2. The van der Waals surface area contributed by atoms with Gasteiger partial charge in [0.15, 0.2) is 5.78 Å². The number of nitrogens with zero attached hydrogens (tertiary/aromatic N) is 2. The summed E-state index contributed by atoms with van der Waals surface area (Å²) in [6.45, 7) is 0.585. The summed E-state index contributed by atoms with van der Waals surface area (Å²) in [5.41, 5.74) is 0. The Morgan fingerprint density at radius 2 is 2.05 bits per heavy atom. The van der Waals surface area contributed by atoms with Crippen LogP contribution in [0.2, 0.25) is 4.34 Å². The number of carbonyl (C=O) groups is 3. The second-order valence-corrected chi connectivity index (χ2v) is 7.22. The molecule has 2 rings (SSSR count). The Labute approximate surface area is 138 Å². The number of amides is 2. The van der Waals surface area contributed by atoms with Crippen molar-refractivity contribution in [3.63, 3.8) is 0 Å². The van der Waals surface area contributed by atoms with E-state index in [0.717, 1.165) is 6.42 Å². The van der Waals surface area contributed by atoms with Gasteiger partial charge in [-0.15, -0.1) is 11.3 Å². The zero-order chi connectivity index (χ0) is 16.3. The van der Waals surface area contributed by atoms with Crippen LogP contribution < -0.4 is 0 Å². The van der Waals surface area contributed by atoms with E-state index in [4.69, 9.17) is 11.6 Å². The van der Waals surface area contributed by atoms with Gasteiger partial charge in [0.05, 0.1) is 9.21 Å². The van der Waals surface area contributed by atoms with E-state index < -0.39 is 0 Å². The third kappa shape index (κ3) is 3.87. The SMILES string of the molecule is CN(C)C(=O)C1CCCN1C(=O)CCC(=O)c1ccc(Cl)s1. The molecule has 0 bridgehead atoms. The molecule has 1 aliphatic heterocycles. The number of rotatable bonds is 5. The van der Waals surface area contributed by atoms with Crippen molar-refractivity contribution in [2.45, 2.75) is 31.7 Å². The molecule has 5 nitrogen and oxygen atoms in total. The number of hydrogen-bond donors (Lipinski definition) is 0. The van der Waals surface area contributed by atoms with Crippen molar-refractivity contribution in [1.29, 1.82) is 0 Å². The lowest BCUT2D eigenvalue weighted by molar-refractivity contribution is -0.142. The Morgan fingerprint density at radius 3 is 2.64 bits per heavy atom. The molecule has 0 aromatic carbocycles. The zero-order valence-electron chi connectivity index (χ0n) is 12.7. The quantitative estimate of drug-likeness (QED) is 0.772. The maximum Gasteiger partial charge on any atom is 0.244 e. The number of ketones is 1. The lowest BCUT2D eigenvalue weighted by Crippen LogP contribution is -2.45. The van der Waals surface area contributed by atoms with Crippen molar-refractivity contribution in [2.24, 2.45) is 0 Å². The highest BCUT2D eigenvalue weighted by molar-refractivity contribution is 7.18. The van der Waals surface area contributed by atoms with Crippen molar-refractivity contribution < 1.29 is 14.4 Å². The predicted molar refractivity (Wildman–Crippen MR) is 86.3 cm³/mol. The maximum atomic E-state index is 12.3. The number of halogens is 1. The molecule has 0 saturated carbocycles. The van der Waals surface area contributed by atoms with Crippen LogP contribution in [0.3, 0.4) is 0 Å². The van der Waals surface area contributed by atoms with Crippen molar-refractivity contribution in [3.8, 4) is 0 Å². The molecule has 0 radical (unpaired) electrons. The van der Waals surface area contributed by atoms with Gasteiger partial charge < -0.3 is 9.80 Å². The van der Waals surface area contributed by atoms with E-state index in [1.54, 1.807) is 31.1 Å². The summed E-state index contributed by atoms with van der Waals surface area (Å²) in [6.07, 6.45) is 1.79. The molecule has 22 heavy (non-hydrogen) atoms. The lowest BCUT2D eigenvalue weighted by Gasteiger charge is -2.26. The lowest BCUT2D eigenvalue weighted by atomic mass is 10.1. The molecular weight excluding hydrogens is 324 g/mol. The summed E-state index contributed by atoms with van der Waals surface area (Å²) in [5, 5.41) is 0. The highest BCUT2D eigenvalue weighted by atomic mass is 35.5. The van der Waals surface area contributed by atoms with Gasteiger partial charge in [-0.3, -0.25) is 14.4 Å². The molecule has 0 aliphatic carbocycles. The average molecular weight is 343 g/mol. The molecule has 1 aromatic heterocycles. The molecule has 1 aliphatic rings. The molecule has 1 unspecified atom stereocenters. The van der Waals surface area contributed by atoms with Gasteiger partial charge >= 0.3 is 0 Å². The van der Waals surface area contributed by atoms with E-state index in [2.05, 4.69) is 0 Å². The van der Waals surface area contributed by atoms with Gasteiger partial charge in [-0.1, -0.05) is 11.6 Å². The summed E-state index contributed by atoms with van der Waals surface area (Å²) in [4.78, 5) is 40.1. The fourth-order valence-corrected chi connectivity index (χ4v) is 3.58. The van der Waals surface area contributed by atoms with Crippen LogP contribution in [0.15, 0.2) is 12.1 Å². The topological polar surface area (TPSA) is 57.7 Å². The summed E-state index contributed by atoms with van der Waals surface area (Å²) in [6, 6.07) is 2.97. The second-order valence-electron chi connectivity index (χ2n) is 5.50. The average Bonchev–Trinajstić information content (AvgIpc) is 3.12. The highest BCUT2D eigenvalue weighted by Gasteiger charge is 2.34. The Balaban J connectivity index is 1.91. The smallest absolute Gasteiger partial charge is 0.244 e. The molecule has 1 saturated heterocycles.